The molecule has 0 bridgehead atoms. The molecule has 1 aliphatic rings. The van der Waals surface area contributed by atoms with E-state index in [0.29, 0.717) is 19.4 Å². The highest BCUT2D eigenvalue weighted by Crippen LogP contribution is 2.24. The van der Waals surface area contributed by atoms with E-state index in [1.807, 2.05) is 12.3 Å². The molecule has 1 heterocycles. The van der Waals surface area contributed by atoms with E-state index in [1.54, 1.807) is 6.92 Å². The van der Waals surface area contributed by atoms with E-state index in [1.165, 1.54) is 4.90 Å². The summed E-state index contributed by atoms with van der Waals surface area (Å²) in [7, 11) is 0. The van der Waals surface area contributed by atoms with Gasteiger partial charge in [-0.25, -0.2) is 14.9 Å². The molecule has 0 unspecified atom stereocenters. The molecule has 1 aliphatic heterocycles. The number of likely N-dealkylation sites (tertiary alicyclic amines) is 1. The number of ether oxygens (including phenoxy) is 1. The van der Waals surface area contributed by atoms with Gasteiger partial charge in [-0.3, -0.25) is 9.79 Å². The van der Waals surface area contributed by atoms with E-state index in [-0.39, 0.29) is 43.9 Å². The number of hydrogen-bond donors (Lipinski definition) is 3. The van der Waals surface area contributed by atoms with Gasteiger partial charge in [0.25, 0.3) is 5.91 Å². The van der Waals surface area contributed by atoms with Gasteiger partial charge in [0, 0.05) is 13.1 Å². The van der Waals surface area contributed by atoms with Gasteiger partial charge in [0.2, 0.25) is 0 Å². The Morgan fingerprint density at radius 3 is 2.67 bits per heavy atom. The molecule has 0 radical (unpaired) electrons. The van der Waals surface area contributed by atoms with Crippen LogP contribution in [0.15, 0.2) is 4.99 Å². The molecule has 156 valence electrons. The first-order chi connectivity index (χ1) is 12.3. The maximum Gasteiger partial charge on any atom is 0.328 e. The molecular weight excluding hydrogens is 380 g/mol. The van der Waals surface area contributed by atoms with Crippen molar-refractivity contribution in [2.75, 3.05) is 19.7 Å². The topological polar surface area (TPSA) is 166 Å². The first-order valence-corrected chi connectivity index (χ1v) is 8.69. The molecule has 0 aromatic carbocycles. The summed E-state index contributed by atoms with van der Waals surface area (Å²) in [6.07, 6.45) is 1.74. The first-order valence-electron chi connectivity index (χ1n) is 8.69. The van der Waals surface area contributed by atoms with Crippen LogP contribution in [0.3, 0.4) is 0 Å². The summed E-state index contributed by atoms with van der Waals surface area (Å²) in [5.74, 6) is -0.788. The van der Waals surface area contributed by atoms with E-state index in [0.717, 1.165) is 6.42 Å². The van der Waals surface area contributed by atoms with Gasteiger partial charge >= 0.3 is 5.97 Å². The summed E-state index contributed by atoms with van der Waals surface area (Å²) in [4.78, 5) is 41.1. The van der Waals surface area contributed by atoms with Crippen LogP contribution < -0.4 is 16.9 Å². The molecule has 0 aromatic heterocycles. The average molecular weight is 409 g/mol. The van der Waals surface area contributed by atoms with Crippen LogP contribution in [0, 0.1) is 16.0 Å². The zero-order valence-electron chi connectivity index (χ0n) is 15.6. The second-order valence-corrected chi connectivity index (χ2v) is 6.32. The number of hydrazine groups is 1. The zero-order chi connectivity index (χ0) is 19.7. The fourth-order valence-electron chi connectivity index (χ4n) is 2.94. The third-order valence-corrected chi connectivity index (χ3v) is 4.21. The Morgan fingerprint density at radius 2 is 2.11 bits per heavy atom. The Hall–Kier alpha value is -2.30. The van der Waals surface area contributed by atoms with Crippen LogP contribution in [0.25, 0.3) is 0 Å². The lowest BCUT2D eigenvalue weighted by molar-refractivity contribution is -0.548. The Balaban J connectivity index is 0.00000676. The molecule has 1 fully saturated rings. The standard InChI is InChI=1S/C15H28N6O5.ClH/c1-3-26-14(23)12-9-10(2)6-8-20(12)13(22)11(19-21(24)25)5-4-7-18-15(16)17;/h10-12,19H,3-9H2,1-2H3,(H4,16,17,18);1H/t10-,11+,12-;/m1./s1. The summed E-state index contributed by atoms with van der Waals surface area (Å²) >= 11 is 0. The van der Waals surface area contributed by atoms with Crippen molar-refractivity contribution in [3.05, 3.63) is 10.1 Å². The van der Waals surface area contributed by atoms with Crippen LogP contribution in [0.1, 0.15) is 39.5 Å². The number of rotatable bonds is 9. The van der Waals surface area contributed by atoms with Gasteiger partial charge in [-0.2, -0.15) is 0 Å². The van der Waals surface area contributed by atoms with Crippen molar-refractivity contribution in [3.63, 3.8) is 0 Å². The van der Waals surface area contributed by atoms with Crippen LogP contribution in [0.5, 0.6) is 0 Å². The number of halogens is 1. The Labute approximate surface area is 164 Å². The second kappa shape index (κ2) is 12.2. The van der Waals surface area contributed by atoms with Crippen molar-refractivity contribution >= 4 is 30.2 Å². The molecule has 0 aromatic rings. The number of aliphatic imine (C=N–C) groups is 1. The largest absolute Gasteiger partial charge is 0.464 e. The summed E-state index contributed by atoms with van der Waals surface area (Å²) in [6, 6.07) is -1.79. The van der Waals surface area contributed by atoms with Crippen LogP contribution in [-0.2, 0) is 14.3 Å². The van der Waals surface area contributed by atoms with Gasteiger partial charge in [0.1, 0.15) is 6.04 Å². The molecule has 1 rings (SSSR count). The monoisotopic (exact) mass is 408 g/mol. The van der Waals surface area contributed by atoms with E-state index in [9.17, 15) is 19.7 Å². The highest BCUT2D eigenvalue weighted by Gasteiger charge is 2.39. The van der Waals surface area contributed by atoms with Crippen molar-refractivity contribution in [2.45, 2.75) is 51.6 Å². The molecule has 5 N–H and O–H groups in total. The highest BCUT2D eigenvalue weighted by atomic mass is 35.5. The maximum atomic E-state index is 12.9. The summed E-state index contributed by atoms with van der Waals surface area (Å²) in [5, 5.41) is 10.1. The number of hydrogen-bond acceptors (Lipinski definition) is 6. The molecule has 0 saturated carbocycles. The number of guanidine groups is 1. The molecule has 11 nitrogen and oxygen atoms in total. The predicted octanol–water partition coefficient (Wildman–Crippen LogP) is -0.198. The molecule has 12 heteroatoms. The van der Waals surface area contributed by atoms with Crippen molar-refractivity contribution in [1.29, 1.82) is 0 Å². The Morgan fingerprint density at radius 1 is 1.44 bits per heavy atom. The van der Waals surface area contributed by atoms with Gasteiger partial charge in [0.15, 0.2) is 17.0 Å². The number of carbonyl (C=O) groups is 2. The zero-order valence-corrected chi connectivity index (χ0v) is 16.4. The fourth-order valence-corrected chi connectivity index (χ4v) is 2.94. The minimum atomic E-state index is -1.07. The van der Waals surface area contributed by atoms with Crippen LogP contribution >= 0.6 is 12.4 Å². The summed E-state index contributed by atoms with van der Waals surface area (Å²) < 4.78 is 5.06. The number of carbonyl (C=O) groups excluding carboxylic acids is 2. The lowest BCUT2D eigenvalue weighted by atomic mass is 9.91. The summed E-state index contributed by atoms with van der Waals surface area (Å²) in [6.45, 7) is 4.51. The van der Waals surface area contributed by atoms with Gasteiger partial charge in [-0.15, -0.1) is 17.8 Å². The number of piperidine rings is 1. The van der Waals surface area contributed by atoms with Crippen LogP contribution in [0.4, 0.5) is 0 Å². The van der Waals surface area contributed by atoms with Crippen molar-refractivity contribution in [1.82, 2.24) is 10.3 Å². The number of nitrogens with zero attached hydrogens (tertiary/aromatic N) is 3. The molecular formula is C15H29ClN6O5. The molecule has 0 aliphatic carbocycles. The second-order valence-electron chi connectivity index (χ2n) is 6.32. The minimum Gasteiger partial charge on any atom is -0.464 e. The van der Waals surface area contributed by atoms with E-state index >= 15 is 0 Å². The van der Waals surface area contributed by atoms with Gasteiger partial charge < -0.3 is 21.1 Å². The maximum absolute atomic E-state index is 12.9. The molecule has 1 amide bonds. The lowest BCUT2D eigenvalue weighted by Gasteiger charge is -2.38. The SMILES string of the molecule is CCOC(=O)[C@H]1C[C@H](C)CCN1C(=O)[C@H](CCCN=C(N)N)N[N+](=O)[O-].Cl. The number of amides is 1. The minimum absolute atomic E-state index is 0. The predicted molar refractivity (Wildman–Crippen MR) is 102 cm³/mol. The number of esters is 1. The smallest absolute Gasteiger partial charge is 0.328 e. The number of nitrogens with two attached hydrogens (primary N) is 2. The third kappa shape index (κ3) is 8.29. The first kappa shape index (κ1) is 24.7. The van der Waals surface area contributed by atoms with Gasteiger partial charge in [-0.1, -0.05) is 6.92 Å². The molecule has 0 spiro atoms. The van der Waals surface area contributed by atoms with Crippen molar-refractivity contribution < 1.29 is 19.4 Å². The average Bonchev–Trinajstić information content (AvgIpc) is 2.56. The van der Waals surface area contributed by atoms with E-state index in [2.05, 4.69) is 4.99 Å². The highest BCUT2D eigenvalue weighted by molar-refractivity contribution is 5.87. The fraction of sp³-hybridized carbons (Fsp3) is 0.800. The molecule has 3 atom stereocenters. The van der Waals surface area contributed by atoms with E-state index in [4.69, 9.17) is 16.2 Å². The Kier molecular flexibility index (Phi) is 11.1. The van der Waals surface area contributed by atoms with Crippen molar-refractivity contribution in [3.8, 4) is 0 Å². The van der Waals surface area contributed by atoms with Crippen LogP contribution in [-0.4, -0.2) is 59.5 Å². The summed E-state index contributed by atoms with van der Waals surface area (Å²) in [5.41, 5.74) is 12.5. The third-order valence-electron chi connectivity index (χ3n) is 4.21. The molecule has 27 heavy (non-hydrogen) atoms. The van der Waals surface area contributed by atoms with Crippen molar-refractivity contribution in [2.24, 2.45) is 22.4 Å². The quantitative estimate of drug-likeness (QED) is 0.118. The van der Waals surface area contributed by atoms with E-state index < -0.39 is 29.0 Å². The normalized spacial score (nSPS) is 20.0. The Bertz CT molecular complexity index is 543. The lowest BCUT2D eigenvalue weighted by Crippen LogP contribution is -2.56. The van der Waals surface area contributed by atoms with Gasteiger partial charge in [-0.05, 0) is 38.5 Å². The number of nitro groups is 1. The number of nitrogens with one attached hydrogen (secondary N) is 1. The molecule has 1 saturated heterocycles. The van der Waals surface area contributed by atoms with Gasteiger partial charge in [0.05, 0.1) is 6.61 Å². The van der Waals surface area contributed by atoms with Crippen LogP contribution in [0.2, 0.25) is 0 Å².